The molecule has 0 aromatic heterocycles. The summed E-state index contributed by atoms with van der Waals surface area (Å²) in [6, 6.07) is 3.31. The van der Waals surface area contributed by atoms with Crippen LogP contribution in [0.3, 0.4) is 0 Å². The predicted octanol–water partition coefficient (Wildman–Crippen LogP) is 3.76. The number of carbonyl (C=O) groups excluding carboxylic acids is 1. The van der Waals surface area contributed by atoms with Crippen LogP contribution >= 0.6 is 0 Å². The molecule has 0 aliphatic heterocycles. The molecular formula is C15H9F7N2O3S. The van der Waals surface area contributed by atoms with E-state index >= 15 is 0 Å². The Kier molecular flexibility index (Phi) is 5.45. The minimum atomic E-state index is -5.47. The van der Waals surface area contributed by atoms with Crippen molar-refractivity contribution in [1.29, 1.82) is 0 Å². The molecule has 0 unspecified atom stereocenters. The monoisotopic (exact) mass is 430 g/mol. The number of halogens is 7. The zero-order valence-corrected chi connectivity index (χ0v) is 14.1. The number of nitrogens with one attached hydrogen (secondary N) is 1. The van der Waals surface area contributed by atoms with Gasteiger partial charge in [-0.3, -0.25) is 4.79 Å². The molecule has 5 nitrogen and oxygen atoms in total. The molecule has 28 heavy (non-hydrogen) atoms. The summed E-state index contributed by atoms with van der Waals surface area (Å²) in [4.78, 5) is 11.6. The number of carbonyl (C=O) groups is 1. The standard InChI is InChI=1S/C15H9F7N2O3S/c16-11-5-7(14(17,18)19)4-10(15(20,21)22)12(11)13(25)24-8-2-1-3-9(6-8)28(23,26)27/h1-6H,(H,24,25)(H2,23,26,27). The molecule has 152 valence electrons. The van der Waals surface area contributed by atoms with Gasteiger partial charge in [-0.25, -0.2) is 17.9 Å². The molecule has 0 bridgehead atoms. The lowest BCUT2D eigenvalue weighted by molar-refractivity contribution is -0.143. The Balaban J connectivity index is 2.54. The number of benzene rings is 2. The zero-order chi connectivity index (χ0) is 21.5. The van der Waals surface area contributed by atoms with Crippen LogP contribution in [0, 0.1) is 5.82 Å². The molecule has 0 fully saturated rings. The lowest BCUT2D eigenvalue weighted by atomic mass is 10.0. The van der Waals surface area contributed by atoms with Gasteiger partial charge >= 0.3 is 12.4 Å². The number of anilines is 1. The molecule has 0 saturated carbocycles. The quantitative estimate of drug-likeness (QED) is 0.727. The van der Waals surface area contributed by atoms with Gasteiger partial charge in [0.05, 0.1) is 21.6 Å². The van der Waals surface area contributed by atoms with Crippen molar-refractivity contribution in [2.45, 2.75) is 17.2 Å². The highest BCUT2D eigenvalue weighted by atomic mass is 32.2. The van der Waals surface area contributed by atoms with Crippen molar-refractivity contribution < 1.29 is 43.9 Å². The molecule has 0 spiro atoms. The van der Waals surface area contributed by atoms with Crippen LogP contribution in [0.25, 0.3) is 0 Å². The number of rotatable bonds is 3. The van der Waals surface area contributed by atoms with Crippen LogP contribution in [0.4, 0.5) is 36.4 Å². The van der Waals surface area contributed by atoms with E-state index in [0.29, 0.717) is 0 Å². The summed E-state index contributed by atoms with van der Waals surface area (Å²) in [5.74, 6) is -3.78. The van der Waals surface area contributed by atoms with E-state index in [4.69, 9.17) is 5.14 Å². The molecule has 0 heterocycles. The first-order chi connectivity index (χ1) is 12.6. The minimum Gasteiger partial charge on any atom is -0.322 e. The second-order valence-electron chi connectivity index (χ2n) is 5.40. The van der Waals surface area contributed by atoms with Crippen molar-refractivity contribution in [2.75, 3.05) is 5.32 Å². The first kappa shape index (κ1) is 21.6. The normalized spacial score (nSPS) is 12.7. The van der Waals surface area contributed by atoms with E-state index in [1.807, 2.05) is 0 Å². The Morgan fingerprint density at radius 1 is 0.964 bits per heavy atom. The first-order valence-electron chi connectivity index (χ1n) is 7.03. The van der Waals surface area contributed by atoms with E-state index in [1.165, 1.54) is 0 Å². The van der Waals surface area contributed by atoms with Crippen molar-refractivity contribution in [3.8, 4) is 0 Å². The Bertz CT molecular complexity index is 1030. The predicted molar refractivity (Wildman–Crippen MR) is 82.2 cm³/mol. The third kappa shape index (κ3) is 4.78. The number of nitrogens with two attached hydrogens (primary N) is 1. The zero-order valence-electron chi connectivity index (χ0n) is 13.3. The van der Waals surface area contributed by atoms with Crippen molar-refractivity contribution >= 4 is 21.6 Å². The topological polar surface area (TPSA) is 89.3 Å². The van der Waals surface area contributed by atoms with Gasteiger partial charge in [0.25, 0.3) is 5.91 Å². The highest BCUT2D eigenvalue weighted by Crippen LogP contribution is 2.38. The van der Waals surface area contributed by atoms with E-state index in [9.17, 15) is 43.9 Å². The van der Waals surface area contributed by atoms with Gasteiger partial charge in [0.15, 0.2) is 0 Å². The maximum Gasteiger partial charge on any atom is 0.417 e. The average Bonchev–Trinajstić information content (AvgIpc) is 2.51. The van der Waals surface area contributed by atoms with Gasteiger partial charge in [0, 0.05) is 5.69 Å². The van der Waals surface area contributed by atoms with Gasteiger partial charge in [-0.2, -0.15) is 26.3 Å². The summed E-state index contributed by atoms with van der Waals surface area (Å²) >= 11 is 0. The minimum absolute atomic E-state index is 0.245. The molecule has 1 amide bonds. The number of hydrogen-bond acceptors (Lipinski definition) is 3. The maximum atomic E-state index is 14.0. The third-order valence-electron chi connectivity index (χ3n) is 3.37. The van der Waals surface area contributed by atoms with E-state index in [2.05, 4.69) is 0 Å². The summed E-state index contributed by atoms with van der Waals surface area (Å²) in [7, 11) is -4.22. The fourth-order valence-corrected chi connectivity index (χ4v) is 2.73. The number of hydrogen-bond donors (Lipinski definition) is 2. The Morgan fingerprint density at radius 3 is 2.07 bits per heavy atom. The van der Waals surface area contributed by atoms with Gasteiger partial charge in [-0.05, 0) is 30.3 Å². The summed E-state index contributed by atoms with van der Waals surface area (Å²) in [5.41, 5.74) is -6.12. The number of amides is 1. The second kappa shape index (κ2) is 7.05. The molecule has 2 aromatic carbocycles. The van der Waals surface area contributed by atoms with Crippen molar-refractivity contribution in [2.24, 2.45) is 5.14 Å². The van der Waals surface area contributed by atoms with Gasteiger partial charge in [-0.15, -0.1) is 0 Å². The van der Waals surface area contributed by atoms with Gasteiger partial charge in [-0.1, -0.05) is 6.07 Å². The maximum absolute atomic E-state index is 14.0. The van der Waals surface area contributed by atoms with Crippen LogP contribution in [-0.2, 0) is 22.4 Å². The van der Waals surface area contributed by atoms with Gasteiger partial charge < -0.3 is 5.32 Å². The molecule has 0 aliphatic carbocycles. The van der Waals surface area contributed by atoms with Crippen LogP contribution in [0.15, 0.2) is 41.3 Å². The summed E-state index contributed by atoms with van der Waals surface area (Å²) in [6.45, 7) is 0. The SMILES string of the molecule is NS(=O)(=O)c1cccc(NC(=O)c2c(F)cc(C(F)(F)F)cc2C(F)(F)F)c1. The molecule has 2 rings (SSSR count). The summed E-state index contributed by atoms with van der Waals surface area (Å²) in [6.07, 6.45) is -10.8. The van der Waals surface area contributed by atoms with E-state index in [-0.39, 0.29) is 11.8 Å². The lowest BCUT2D eigenvalue weighted by Gasteiger charge is -2.17. The molecule has 0 saturated heterocycles. The number of primary sulfonamides is 1. The Morgan fingerprint density at radius 2 is 1.57 bits per heavy atom. The van der Waals surface area contributed by atoms with Crippen molar-refractivity contribution in [1.82, 2.24) is 0 Å². The smallest absolute Gasteiger partial charge is 0.322 e. The second-order valence-corrected chi connectivity index (χ2v) is 6.96. The Hall–Kier alpha value is -2.67. The van der Waals surface area contributed by atoms with Crippen molar-refractivity contribution in [3.05, 3.63) is 58.9 Å². The van der Waals surface area contributed by atoms with E-state index < -0.39 is 61.8 Å². The average molecular weight is 430 g/mol. The molecule has 0 aliphatic rings. The molecule has 0 atom stereocenters. The van der Waals surface area contributed by atoms with Crippen LogP contribution in [0.1, 0.15) is 21.5 Å². The van der Waals surface area contributed by atoms with Gasteiger partial charge in [0.1, 0.15) is 5.82 Å². The number of sulfonamides is 1. The summed E-state index contributed by atoms with van der Waals surface area (Å²) in [5, 5.41) is 6.68. The molecular weight excluding hydrogens is 421 g/mol. The fraction of sp³-hybridized carbons (Fsp3) is 0.133. The summed E-state index contributed by atoms with van der Waals surface area (Å²) < 4.78 is 114. The van der Waals surface area contributed by atoms with Crippen LogP contribution in [0.2, 0.25) is 0 Å². The van der Waals surface area contributed by atoms with Crippen LogP contribution < -0.4 is 10.5 Å². The van der Waals surface area contributed by atoms with E-state index in [0.717, 1.165) is 24.3 Å². The Labute approximate surface area is 153 Å². The van der Waals surface area contributed by atoms with Crippen LogP contribution in [-0.4, -0.2) is 14.3 Å². The first-order valence-corrected chi connectivity index (χ1v) is 8.57. The highest BCUT2D eigenvalue weighted by molar-refractivity contribution is 7.89. The van der Waals surface area contributed by atoms with Crippen LogP contribution in [0.5, 0.6) is 0 Å². The number of alkyl halides is 6. The molecule has 13 heteroatoms. The van der Waals surface area contributed by atoms with Crippen molar-refractivity contribution in [3.63, 3.8) is 0 Å². The van der Waals surface area contributed by atoms with Gasteiger partial charge in [0.2, 0.25) is 10.0 Å². The lowest BCUT2D eigenvalue weighted by Crippen LogP contribution is -2.22. The van der Waals surface area contributed by atoms with E-state index in [1.54, 1.807) is 5.32 Å². The highest BCUT2D eigenvalue weighted by Gasteiger charge is 2.41. The molecule has 3 N–H and O–H groups in total. The third-order valence-corrected chi connectivity index (χ3v) is 4.28. The molecule has 2 aromatic rings. The largest absolute Gasteiger partial charge is 0.417 e. The molecule has 0 radical (unpaired) electrons. The fourth-order valence-electron chi connectivity index (χ4n) is 2.17.